The molecule has 1 aromatic carbocycles. The first-order valence-corrected chi connectivity index (χ1v) is 5.97. The molecule has 6 heteroatoms. The number of hydrogen-bond acceptors (Lipinski definition) is 3. The first kappa shape index (κ1) is 11.3. The van der Waals surface area contributed by atoms with E-state index in [0.717, 1.165) is 14.5 Å². The number of aromatic nitrogens is 2. The van der Waals surface area contributed by atoms with Gasteiger partial charge in [-0.25, -0.2) is 5.10 Å². The summed E-state index contributed by atoms with van der Waals surface area (Å²) in [5.74, 6) is 0. The Labute approximate surface area is 108 Å². The molecule has 0 saturated carbocycles. The summed E-state index contributed by atoms with van der Waals surface area (Å²) in [6.07, 6.45) is 0. The Balaban J connectivity index is 2.56. The molecule has 0 unspecified atom stereocenters. The van der Waals surface area contributed by atoms with Crippen LogP contribution >= 0.6 is 31.9 Å². The maximum atomic E-state index is 10.9. The first-order chi connectivity index (χ1) is 7.58. The highest BCUT2D eigenvalue weighted by atomic mass is 79.9. The third kappa shape index (κ3) is 2.17. The summed E-state index contributed by atoms with van der Waals surface area (Å²) < 4.78 is 1.56. The van der Waals surface area contributed by atoms with E-state index >= 15 is 0 Å². The molecule has 0 spiro atoms. The van der Waals surface area contributed by atoms with Gasteiger partial charge >= 0.3 is 0 Å². The molecule has 0 saturated heterocycles. The van der Waals surface area contributed by atoms with Gasteiger partial charge < -0.3 is 5.73 Å². The van der Waals surface area contributed by atoms with Gasteiger partial charge in [-0.2, -0.15) is 5.10 Å². The van der Waals surface area contributed by atoms with Crippen molar-refractivity contribution in [2.24, 2.45) is 0 Å². The summed E-state index contributed by atoms with van der Waals surface area (Å²) in [5, 5.41) is 6.32. The van der Waals surface area contributed by atoms with Gasteiger partial charge in [0.1, 0.15) is 0 Å². The minimum Gasteiger partial charge on any atom is -0.397 e. The molecule has 82 valence electrons. The second-order valence-electron chi connectivity index (χ2n) is 3.16. The van der Waals surface area contributed by atoms with Gasteiger partial charge in [-0.15, -0.1) is 0 Å². The Morgan fingerprint density at radius 1 is 1.19 bits per heavy atom. The first-order valence-electron chi connectivity index (χ1n) is 4.38. The van der Waals surface area contributed by atoms with Crippen molar-refractivity contribution in [1.29, 1.82) is 0 Å². The van der Waals surface area contributed by atoms with Gasteiger partial charge in [0.2, 0.25) is 0 Å². The van der Waals surface area contributed by atoms with E-state index in [4.69, 9.17) is 5.73 Å². The highest BCUT2D eigenvalue weighted by Gasteiger charge is 2.06. The fraction of sp³-hybridized carbons (Fsp3) is 0. The van der Waals surface area contributed by atoms with Crippen LogP contribution < -0.4 is 11.3 Å². The van der Waals surface area contributed by atoms with Crippen molar-refractivity contribution >= 4 is 37.5 Å². The van der Waals surface area contributed by atoms with Crippen molar-refractivity contribution in [3.05, 3.63) is 43.6 Å². The number of nitrogens with zero attached hydrogens (tertiary/aromatic N) is 1. The van der Waals surface area contributed by atoms with E-state index in [1.54, 1.807) is 6.07 Å². The van der Waals surface area contributed by atoms with Crippen LogP contribution in [0.5, 0.6) is 0 Å². The van der Waals surface area contributed by atoms with Gasteiger partial charge in [0.15, 0.2) is 0 Å². The lowest BCUT2D eigenvalue weighted by atomic mass is 10.1. The predicted molar refractivity (Wildman–Crippen MR) is 70.1 cm³/mol. The van der Waals surface area contributed by atoms with E-state index in [0.29, 0.717) is 11.4 Å². The number of nitrogen functional groups attached to an aromatic ring is 1. The summed E-state index contributed by atoms with van der Waals surface area (Å²) in [4.78, 5) is 10.9. The Kier molecular flexibility index (Phi) is 3.11. The molecule has 1 aromatic heterocycles. The number of H-pyrrole nitrogens is 1. The van der Waals surface area contributed by atoms with Crippen molar-refractivity contribution in [2.75, 3.05) is 5.73 Å². The lowest BCUT2D eigenvalue weighted by Crippen LogP contribution is -2.05. The molecule has 16 heavy (non-hydrogen) atoms. The van der Waals surface area contributed by atoms with Gasteiger partial charge in [0, 0.05) is 20.6 Å². The van der Waals surface area contributed by atoms with E-state index in [2.05, 4.69) is 42.1 Å². The lowest BCUT2D eigenvalue weighted by Gasteiger charge is -2.05. The standard InChI is InChI=1S/C10H7Br2N3O/c11-6-3-5(4-7(12)10(6)13)8-1-2-9(16)15-14-8/h1-4H,13H2,(H,15,16). The number of benzene rings is 1. The fourth-order valence-electron chi connectivity index (χ4n) is 1.24. The van der Waals surface area contributed by atoms with Crippen LogP contribution in [0, 0.1) is 0 Å². The average Bonchev–Trinajstić information content (AvgIpc) is 2.26. The number of aromatic amines is 1. The summed E-state index contributed by atoms with van der Waals surface area (Å²) in [5.41, 5.74) is 7.74. The summed E-state index contributed by atoms with van der Waals surface area (Å²) in [7, 11) is 0. The summed E-state index contributed by atoms with van der Waals surface area (Å²) in [6.45, 7) is 0. The molecule has 2 rings (SSSR count). The fourth-order valence-corrected chi connectivity index (χ4v) is 2.42. The third-order valence-electron chi connectivity index (χ3n) is 2.05. The van der Waals surface area contributed by atoms with Crippen LogP contribution in [-0.2, 0) is 0 Å². The Bertz CT molecular complexity index is 551. The number of nitrogens with one attached hydrogen (secondary N) is 1. The third-order valence-corrected chi connectivity index (χ3v) is 3.37. The van der Waals surface area contributed by atoms with Crippen molar-refractivity contribution in [3.8, 4) is 11.3 Å². The maximum absolute atomic E-state index is 10.9. The number of hydrogen-bond donors (Lipinski definition) is 2. The van der Waals surface area contributed by atoms with Crippen LogP contribution in [0.2, 0.25) is 0 Å². The van der Waals surface area contributed by atoms with Crippen LogP contribution in [0.25, 0.3) is 11.3 Å². The molecule has 0 aliphatic rings. The van der Waals surface area contributed by atoms with E-state index in [9.17, 15) is 4.79 Å². The summed E-state index contributed by atoms with van der Waals surface area (Å²) in [6, 6.07) is 6.78. The number of anilines is 1. The molecule has 0 fully saturated rings. The van der Waals surface area contributed by atoms with E-state index in [-0.39, 0.29) is 5.56 Å². The molecule has 3 N–H and O–H groups in total. The molecular formula is C10H7Br2N3O. The molecular weight excluding hydrogens is 338 g/mol. The minimum atomic E-state index is -0.225. The van der Waals surface area contributed by atoms with Crippen molar-refractivity contribution in [1.82, 2.24) is 10.2 Å². The normalized spacial score (nSPS) is 10.4. The SMILES string of the molecule is Nc1c(Br)cc(-c2ccc(=O)[nH]n2)cc1Br. The average molecular weight is 345 g/mol. The number of rotatable bonds is 1. The van der Waals surface area contributed by atoms with Crippen molar-refractivity contribution in [3.63, 3.8) is 0 Å². The Hall–Kier alpha value is -1.14. The van der Waals surface area contributed by atoms with Crippen LogP contribution in [0.15, 0.2) is 38.0 Å². The second-order valence-corrected chi connectivity index (χ2v) is 4.87. The maximum Gasteiger partial charge on any atom is 0.264 e. The number of nitrogens with two attached hydrogens (primary N) is 1. The quantitative estimate of drug-likeness (QED) is 0.781. The van der Waals surface area contributed by atoms with E-state index < -0.39 is 0 Å². The van der Waals surface area contributed by atoms with Crippen LogP contribution in [-0.4, -0.2) is 10.2 Å². The Morgan fingerprint density at radius 3 is 2.31 bits per heavy atom. The zero-order valence-electron chi connectivity index (χ0n) is 8.00. The lowest BCUT2D eigenvalue weighted by molar-refractivity contribution is 0.995. The summed E-state index contributed by atoms with van der Waals surface area (Å²) >= 11 is 6.71. The zero-order valence-corrected chi connectivity index (χ0v) is 11.2. The Morgan fingerprint density at radius 2 is 1.81 bits per heavy atom. The molecule has 0 radical (unpaired) electrons. The van der Waals surface area contributed by atoms with E-state index in [1.807, 2.05) is 12.1 Å². The minimum absolute atomic E-state index is 0.225. The molecule has 2 aromatic rings. The monoisotopic (exact) mass is 343 g/mol. The van der Waals surface area contributed by atoms with Gasteiger partial charge in [-0.1, -0.05) is 0 Å². The molecule has 0 amide bonds. The van der Waals surface area contributed by atoms with Gasteiger partial charge in [-0.05, 0) is 50.1 Å². The second kappa shape index (κ2) is 4.39. The van der Waals surface area contributed by atoms with Crippen LogP contribution in [0.1, 0.15) is 0 Å². The molecule has 0 aliphatic carbocycles. The molecule has 0 bridgehead atoms. The molecule has 0 aliphatic heterocycles. The van der Waals surface area contributed by atoms with Gasteiger partial charge in [0.05, 0.1) is 11.4 Å². The highest BCUT2D eigenvalue weighted by Crippen LogP contribution is 2.32. The zero-order chi connectivity index (χ0) is 11.7. The molecule has 0 atom stereocenters. The molecule has 1 heterocycles. The van der Waals surface area contributed by atoms with Crippen LogP contribution in [0.3, 0.4) is 0 Å². The topological polar surface area (TPSA) is 71.8 Å². The number of halogens is 2. The smallest absolute Gasteiger partial charge is 0.264 e. The van der Waals surface area contributed by atoms with E-state index in [1.165, 1.54) is 6.07 Å². The van der Waals surface area contributed by atoms with Crippen molar-refractivity contribution < 1.29 is 0 Å². The largest absolute Gasteiger partial charge is 0.397 e. The van der Waals surface area contributed by atoms with Gasteiger partial charge in [0.25, 0.3) is 5.56 Å². The van der Waals surface area contributed by atoms with Gasteiger partial charge in [-0.3, -0.25) is 4.79 Å². The van der Waals surface area contributed by atoms with Crippen molar-refractivity contribution in [2.45, 2.75) is 0 Å². The van der Waals surface area contributed by atoms with Crippen LogP contribution in [0.4, 0.5) is 5.69 Å². The predicted octanol–water partition coefficient (Wildman–Crippen LogP) is 2.54. The highest BCUT2D eigenvalue weighted by molar-refractivity contribution is 9.11. The molecule has 4 nitrogen and oxygen atoms in total.